The van der Waals surface area contributed by atoms with Gasteiger partial charge < -0.3 is 21.1 Å². The van der Waals surface area contributed by atoms with E-state index in [1.807, 2.05) is 6.07 Å². The number of benzene rings is 2. The fourth-order valence-electron chi connectivity index (χ4n) is 4.08. The molecule has 5 rings (SSSR count). The van der Waals surface area contributed by atoms with Crippen molar-refractivity contribution in [2.45, 2.75) is 21.8 Å². The van der Waals surface area contributed by atoms with Gasteiger partial charge in [0.15, 0.2) is 11.8 Å². The Morgan fingerprint density at radius 1 is 1.24 bits per heavy atom. The molecule has 0 aliphatic carbocycles. The number of nitrogens with one attached hydrogen (secondary N) is 4. The minimum absolute atomic E-state index is 0.114. The molecule has 1 atom stereocenters. The maximum absolute atomic E-state index is 12.9. The van der Waals surface area contributed by atoms with Gasteiger partial charge in [0.2, 0.25) is 10.0 Å². The number of aliphatic hydroxyl groups is 1. The number of aromatic amines is 2. The number of hydrogen-bond acceptors (Lipinski definition) is 11. The molecule has 0 spiro atoms. The number of aromatic nitrogens is 6. The van der Waals surface area contributed by atoms with E-state index in [0.717, 1.165) is 18.5 Å². The van der Waals surface area contributed by atoms with Crippen LogP contribution in [0.25, 0.3) is 33.5 Å². The van der Waals surface area contributed by atoms with E-state index in [9.17, 15) is 13.5 Å². The van der Waals surface area contributed by atoms with Crippen LogP contribution in [0.5, 0.6) is 0 Å². The summed E-state index contributed by atoms with van der Waals surface area (Å²) in [5.74, 6) is 0.356. The van der Waals surface area contributed by atoms with Crippen LogP contribution in [0.4, 0.5) is 5.95 Å². The van der Waals surface area contributed by atoms with Gasteiger partial charge in [-0.3, -0.25) is 4.72 Å². The van der Waals surface area contributed by atoms with Crippen molar-refractivity contribution in [3.05, 3.63) is 30.3 Å². The number of nitrogens with two attached hydrogens (primary N) is 2. The summed E-state index contributed by atoms with van der Waals surface area (Å²) in [5, 5.41) is 32.7. The predicted octanol–water partition coefficient (Wildman–Crippen LogP) is -0.0393. The number of aliphatic hydroxyl groups excluding tert-OH is 1. The van der Waals surface area contributed by atoms with E-state index in [0.29, 0.717) is 40.0 Å². The number of nitrogens with zero attached hydrogens (tertiary/aromatic N) is 4. The minimum atomic E-state index is -4.25. The summed E-state index contributed by atoms with van der Waals surface area (Å²) in [7, 11) is -4.25. The molecule has 9 N–H and O–H groups in total. The van der Waals surface area contributed by atoms with Crippen molar-refractivity contribution in [1.82, 2.24) is 40.6 Å². The van der Waals surface area contributed by atoms with Gasteiger partial charge in [-0.2, -0.15) is 0 Å². The first-order chi connectivity index (χ1) is 16.3. The lowest BCUT2D eigenvalue weighted by Gasteiger charge is -2.27. The standard InChI is InChI=1S/C19H22N10O3S2/c20-18-23-12-3-1-2-11(15(12)24-18)10-4-5-13(33-27-19(9-30)6-7-22-8-19)16(34(21,31)32)14(10)17-25-28-29-26-17/h1-5,22,27,30H,6-9H2,(H3,20,23,24)(H2,21,31,32)(H,25,26,28,29)/t19-/m0/s1. The highest BCUT2D eigenvalue weighted by molar-refractivity contribution is 7.98. The Balaban J connectivity index is 1.72. The van der Waals surface area contributed by atoms with Crippen LogP contribution >= 0.6 is 11.9 Å². The van der Waals surface area contributed by atoms with Gasteiger partial charge >= 0.3 is 0 Å². The number of anilines is 1. The van der Waals surface area contributed by atoms with Gasteiger partial charge in [-0.15, -0.1) is 5.10 Å². The van der Waals surface area contributed by atoms with Crippen LogP contribution in [0.1, 0.15) is 6.42 Å². The molecule has 3 heterocycles. The number of nitrogen functional groups attached to an aromatic ring is 1. The lowest BCUT2D eigenvalue weighted by molar-refractivity contribution is 0.198. The minimum Gasteiger partial charge on any atom is -0.394 e. The number of fused-ring (bicyclic) bond motifs is 1. The number of para-hydroxylation sites is 1. The number of hydrogen-bond donors (Lipinski definition) is 7. The molecule has 4 aromatic rings. The number of rotatable bonds is 7. The molecule has 0 bridgehead atoms. The average molecular weight is 503 g/mol. The summed E-state index contributed by atoms with van der Waals surface area (Å²) >= 11 is 1.08. The predicted molar refractivity (Wildman–Crippen MR) is 127 cm³/mol. The lowest BCUT2D eigenvalue weighted by Crippen LogP contribution is -2.46. The van der Waals surface area contributed by atoms with Gasteiger partial charge in [-0.25, -0.2) is 23.6 Å². The number of H-pyrrole nitrogens is 2. The zero-order valence-electron chi connectivity index (χ0n) is 17.7. The maximum atomic E-state index is 12.9. The lowest BCUT2D eigenvalue weighted by atomic mass is 9.98. The molecule has 178 valence electrons. The summed E-state index contributed by atoms with van der Waals surface area (Å²) < 4.78 is 29.1. The van der Waals surface area contributed by atoms with Gasteiger partial charge in [0.25, 0.3) is 0 Å². The molecule has 1 aliphatic rings. The van der Waals surface area contributed by atoms with Crippen molar-refractivity contribution in [3.63, 3.8) is 0 Å². The first-order valence-electron chi connectivity index (χ1n) is 10.3. The van der Waals surface area contributed by atoms with E-state index < -0.39 is 15.6 Å². The van der Waals surface area contributed by atoms with Crippen molar-refractivity contribution in [2.24, 2.45) is 5.14 Å². The summed E-state index contributed by atoms with van der Waals surface area (Å²) in [6.45, 7) is 1.17. The molecule has 1 fully saturated rings. The van der Waals surface area contributed by atoms with Crippen molar-refractivity contribution in [2.75, 3.05) is 25.4 Å². The second-order valence-corrected chi connectivity index (χ2v) is 10.3. The third-order valence-corrected chi connectivity index (χ3v) is 7.95. The van der Waals surface area contributed by atoms with Gasteiger partial charge in [-0.05, 0) is 53.0 Å². The van der Waals surface area contributed by atoms with Crippen LogP contribution in [0.2, 0.25) is 0 Å². The Bertz CT molecular complexity index is 1450. The first kappa shape index (κ1) is 22.7. The van der Waals surface area contributed by atoms with Crippen LogP contribution in [0.3, 0.4) is 0 Å². The van der Waals surface area contributed by atoms with Crippen LogP contribution in [0.15, 0.2) is 40.1 Å². The van der Waals surface area contributed by atoms with E-state index in [1.165, 1.54) is 0 Å². The van der Waals surface area contributed by atoms with Crippen molar-refractivity contribution in [1.29, 1.82) is 0 Å². The Kier molecular flexibility index (Phi) is 5.75. The van der Waals surface area contributed by atoms with Crippen molar-refractivity contribution in [3.8, 4) is 22.5 Å². The molecule has 2 aromatic carbocycles. The highest BCUT2D eigenvalue weighted by atomic mass is 32.2. The third kappa shape index (κ3) is 4.02. The van der Waals surface area contributed by atoms with Gasteiger partial charge in [-0.1, -0.05) is 18.2 Å². The van der Waals surface area contributed by atoms with Crippen molar-refractivity contribution >= 4 is 39.0 Å². The van der Waals surface area contributed by atoms with Crippen LogP contribution in [-0.4, -0.2) is 69.4 Å². The molecule has 13 nitrogen and oxygen atoms in total. The van der Waals surface area contributed by atoms with Gasteiger partial charge in [0.1, 0.15) is 4.90 Å². The molecule has 34 heavy (non-hydrogen) atoms. The molecule has 0 saturated carbocycles. The number of tetrazole rings is 1. The smallest absolute Gasteiger partial charge is 0.239 e. The number of sulfonamides is 1. The van der Waals surface area contributed by atoms with Gasteiger partial charge in [0, 0.05) is 22.6 Å². The third-order valence-electron chi connectivity index (χ3n) is 5.73. The van der Waals surface area contributed by atoms with E-state index in [-0.39, 0.29) is 28.8 Å². The highest BCUT2D eigenvalue weighted by Crippen LogP contribution is 2.42. The largest absolute Gasteiger partial charge is 0.394 e. The van der Waals surface area contributed by atoms with E-state index in [1.54, 1.807) is 24.3 Å². The van der Waals surface area contributed by atoms with Crippen LogP contribution in [-0.2, 0) is 10.0 Å². The fourth-order valence-corrected chi connectivity index (χ4v) is 6.29. The number of imidazole rings is 1. The first-order valence-corrected chi connectivity index (χ1v) is 12.6. The molecule has 1 aliphatic heterocycles. The molecule has 1 saturated heterocycles. The molecule has 0 unspecified atom stereocenters. The Hall–Kier alpha value is -3.08. The summed E-state index contributed by atoms with van der Waals surface area (Å²) in [5.41, 5.74) is 7.85. The summed E-state index contributed by atoms with van der Waals surface area (Å²) in [4.78, 5) is 7.52. The normalized spacial score (nSPS) is 18.6. The monoisotopic (exact) mass is 502 g/mol. The zero-order chi connectivity index (χ0) is 23.9. The molecule has 15 heteroatoms. The van der Waals surface area contributed by atoms with Gasteiger partial charge in [0.05, 0.1) is 23.2 Å². The van der Waals surface area contributed by atoms with Crippen LogP contribution < -0.4 is 20.9 Å². The van der Waals surface area contributed by atoms with E-state index >= 15 is 0 Å². The topological polar surface area (TPSA) is 214 Å². The second-order valence-electron chi connectivity index (χ2n) is 8.00. The Morgan fingerprint density at radius 2 is 2.09 bits per heavy atom. The molecule has 0 amide bonds. The molecule has 0 radical (unpaired) electrons. The van der Waals surface area contributed by atoms with E-state index in [4.69, 9.17) is 10.9 Å². The summed E-state index contributed by atoms with van der Waals surface area (Å²) in [6, 6.07) is 8.83. The summed E-state index contributed by atoms with van der Waals surface area (Å²) in [6.07, 6.45) is 0.681. The fraction of sp³-hybridized carbons (Fsp3) is 0.263. The SMILES string of the molecule is Nc1nc2c(-c3ccc(SN[C@@]4(CO)CCNC4)c(S(N)(=O)=O)c3-c3nnn[nH]3)cccc2[nH]1. The maximum Gasteiger partial charge on any atom is 0.239 e. The zero-order valence-corrected chi connectivity index (χ0v) is 19.4. The molecular formula is C19H22N10O3S2. The second kappa shape index (κ2) is 8.61. The number of primary sulfonamides is 1. The van der Waals surface area contributed by atoms with Crippen molar-refractivity contribution < 1.29 is 13.5 Å². The average Bonchev–Trinajstić information content (AvgIpc) is 3.56. The molecule has 2 aromatic heterocycles. The Labute approximate surface area is 198 Å². The van der Waals surface area contributed by atoms with E-state index in [2.05, 4.69) is 40.6 Å². The Morgan fingerprint density at radius 3 is 2.76 bits per heavy atom. The van der Waals surface area contributed by atoms with Crippen LogP contribution in [0, 0.1) is 0 Å². The quantitative estimate of drug-likeness (QED) is 0.166. The molecular weight excluding hydrogens is 480 g/mol. The highest BCUT2D eigenvalue weighted by Gasteiger charge is 2.34.